The van der Waals surface area contributed by atoms with E-state index in [4.69, 9.17) is 38.1 Å². The van der Waals surface area contributed by atoms with Crippen LogP contribution in [0.15, 0.2) is 134 Å². The maximum Gasteiger partial charge on any atom is 0.319 e. The SMILES string of the molecule is COC(=O)C(c1ccccc1)c1nc(C)ccc1Oc1ccnc2cc(OC)c(OC)cc12.COc1cc2nccc(Oc3ccc(C)nc3Cc3ccccc3)c2cc1OC. The molecule has 1 atom stereocenters. The number of hydrogen-bond donors (Lipinski definition) is 0. The lowest BCUT2D eigenvalue weighted by Gasteiger charge is -2.19. The fraction of sp³-hybridized carbons (Fsp3) is 0.180. The van der Waals surface area contributed by atoms with Crippen LogP contribution in [-0.4, -0.2) is 61.5 Å². The van der Waals surface area contributed by atoms with Crippen LogP contribution in [0.2, 0.25) is 0 Å². The van der Waals surface area contributed by atoms with E-state index in [0.29, 0.717) is 57.9 Å². The molecule has 1 unspecified atom stereocenters. The molecule has 8 aromatic rings. The zero-order valence-corrected chi connectivity index (χ0v) is 35.5. The third kappa shape index (κ3) is 9.50. The predicted octanol–water partition coefficient (Wildman–Crippen LogP) is 10.4. The number of methoxy groups -OCH3 is 5. The molecule has 0 aliphatic rings. The van der Waals surface area contributed by atoms with E-state index < -0.39 is 11.9 Å². The number of hydrogen-bond acceptors (Lipinski definition) is 12. The molecule has 62 heavy (non-hydrogen) atoms. The molecule has 12 heteroatoms. The molecule has 0 radical (unpaired) electrons. The molecule has 0 fully saturated rings. The summed E-state index contributed by atoms with van der Waals surface area (Å²) < 4.78 is 39.5. The van der Waals surface area contributed by atoms with Crippen LogP contribution in [0.25, 0.3) is 21.8 Å². The number of carbonyl (C=O) groups excluding carboxylic acids is 1. The van der Waals surface area contributed by atoms with Crippen molar-refractivity contribution in [1.29, 1.82) is 0 Å². The van der Waals surface area contributed by atoms with Crippen LogP contribution in [-0.2, 0) is 16.0 Å². The van der Waals surface area contributed by atoms with Gasteiger partial charge < -0.3 is 33.2 Å². The van der Waals surface area contributed by atoms with Gasteiger partial charge in [-0.1, -0.05) is 60.7 Å². The summed E-state index contributed by atoms with van der Waals surface area (Å²) in [5, 5.41) is 1.58. The van der Waals surface area contributed by atoms with E-state index in [9.17, 15) is 4.79 Å². The summed E-state index contributed by atoms with van der Waals surface area (Å²) in [6, 6.07) is 38.1. The molecule has 314 valence electrons. The molecule has 0 amide bonds. The highest BCUT2D eigenvalue weighted by atomic mass is 16.5. The van der Waals surface area contributed by atoms with Crippen molar-refractivity contribution < 1.29 is 38.0 Å². The number of nitrogens with zero attached hydrogens (tertiary/aromatic N) is 4. The zero-order chi connectivity index (χ0) is 43.6. The minimum Gasteiger partial charge on any atom is -0.493 e. The summed E-state index contributed by atoms with van der Waals surface area (Å²) in [7, 11) is 7.74. The Balaban J connectivity index is 0.000000188. The van der Waals surface area contributed by atoms with Crippen LogP contribution in [0.5, 0.6) is 46.0 Å². The van der Waals surface area contributed by atoms with Crippen molar-refractivity contribution in [2.45, 2.75) is 26.2 Å². The Hall–Kier alpha value is -7.73. The van der Waals surface area contributed by atoms with Crippen molar-refractivity contribution in [3.05, 3.63) is 168 Å². The molecule has 4 aromatic carbocycles. The molecule has 0 saturated heterocycles. The molecule has 0 bridgehead atoms. The number of aromatic nitrogens is 4. The first-order valence-electron chi connectivity index (χ1n) is 19.7. The summed E-state index contributed by atoms with van der Waals surface area (Å²) in [4.78, 5) is 31.1. The van der Waals surface area contributed by atoms with Gasteiger partial charge in [0, 0.05) is 53.1 Å². The molecule has 0 spiro atoms. The lowest BCUT2D eigenvalue weighted by atomic mass is 9.94. The van der Waals surface area contributed by atoms with Crippen molar-refractivity contribution in [3.8, 4) is 46.0 Å². The Morgan fingerprint density at radius 1 is 0.516 bits per heavy atom. The maximum absolute atomic E-state index is 12.8. The first-order valence-corrected chi connectivity index (χ1v) is 19.7. The summed E-state index contributed by atoms with van der Waals surface area (Å²) >= 11 is 0. The molecule has 0 aliphatic carbocycles. The number of ether oxygens (including phenoxy) is 7. The van der Waals surface area contributed by atoms with Gasteiger partial charge in [-0.25, -0.2) is 0 Å². The maximum atomic E-state index is 12.8. The van der Waals surface area contributed by atoms with Crippen LogP contribution in [0.4, 0.5) is 0 Å². The van der Waals surface area contributed by atoms with E-state index in [1.54, 1.807) is 53.0 Å². The number of fused-ring (bicyclic) bond motifs is 2. The molecule has 4 aromatic heterocycles. The molecule has 8 rings (SSSR count). The minimum atomic E-state index is -0.742. The van der Waals surface area contributed by atoms with E-state index in [1.165, 1.54) is 12.7 Å². The largest absolute Gasteiger partial charge is 0.493 e. The lowest BCUT2D eigenvalue weighted by Crippen LogP contribution is -2.18. The summed E-state index contributed by atoms with van der Waals surface area (Å²) in [5.74, 6) is 3.63. The van der Waals surface area contributed by atoms with Crippen molar-refractivity contribution in [3.63, 3.8) is 0 Å². The van der Waals surface area contributed by atoms with Crippen molar-refractivity contribution >= 4 is 27.8 Å². The van der Waals surface area contributed by atoms with Crippen molar-refractivity contribution in [2.75, 3.05) is 35.5 Å². The highest BCUT2D eigenvalue weighted by molar-refractivity contribution is 5.89. The summed E-state index contributed by atoms with van der Waals surface area (Å²) in [6.07, 6.45) is 4.07. The average Bonchev–Trinajstić information content (AvgIpc) is 3.30. The third-order valence-electron chi connectivity index (χ3n) is 10.0. The van der Waals surface area contributed by atoms with Gasteiger partial charge in [0.2, 0.25) is 0 Å². The second-order valence-electron chi connectivity index (χ2n) is 14.0. The number of carbonyl (C=O) groups is 1. The number of rotatable bonds is 13. The van der Waals surface area contributed by atoms with Gasteiger partial charge in [-0.05, 0) is 73.5 Å². The minimum absolute atomic E-state index is 0.421. The van der Waals surface area contributed by atoms with E-state index >= 15 is 0 Å². The normalized spacial score (nSPS) is 11.2. The van der Waals surface area contributed by atoms with Gasteiger partial charge in [0.15, 0.2) is 23.0 Å². The molecule has 0 aliphatic heterocycles. The van der Waals surface area contributed by atoms with Gasteiger partial charge >= 0.3 is 5.97 Å². The fourth-order valence-corrected chi connectivity index (χ4v) is 6.94. The Kier molecular flexibility index (Phi) is 13.4. The molecule has 0 saturated carbocycles. The third-order valence-corrected chi connectivity index (χ3v) is 10.0. The first kappa shape index (κ1) is 42.4. The number of aryl methyl sites for hydroxylation is 2. The molecule has 4 heterocycles. The average molecular weight is 831 g/mol. The van der Waals surface area contributed by atoms with Gasteiger partial charge in [0.25, 0.3) is 0 Å². The standard InChI is InChI=1S/C26H24N2O5.C24H22N2O3/c1-16-10-11-21(25(28-16)24(26(29)32-4)17-8-6-5-7-9-17)33-20-12-13-27-19-15-23(31-3)22(30-2)14-18(19)20;1-16-9-10-22(20(26-16)13-17-7-5-4-6-8-17)29-21-11-12-25-19-15-24(28-3)23(27-2)14-18(19)21/h5-15,24H,1-4H3;4-12,14-15H,13H2,1-3H3. The zero-order valence-electron chi connectivity index (χ0n) is 35.5. The Bertz CT molecular complexity index is 2820. The van der Waals surface area contributed by atoms with Gasteiger partial charge in [0.1, 0.15) is 34.6 Å². The van der Waals surface area contributed by atoms with Crippen LogP contribution >= 0.6 is 0 Å². The van der Waals surface area contributed by atoms with Crippen LogP contribution in [0.1, 0.15) is 39.8 Å². The monoisotopic (exact) mass is 830 g/mol. The lowest BCUT2D eigenvalue weighted by molar-refractivity contribution is -0.141. The van der Waals surface area contributed by atoms with E-state index in [2.05, 4.69) is 27.1 Å². The van der Waals surface area contributed by atoms with Gasteiger partial charge in [-0.15, -0.1) is 0 Å². The molecular weight excluding hydrogens is 785 g/mol. The quantitative estimate of drug-likeness (QED) is 0.102. The number of pyridine rings is 4. The van der Waals surface area contributed by atoms with Crippen LogP contribution in [0.3, 0.4) is 0 Å². The predicted molar refractivity (Wildman–Crippen MR) is 237 cm³/mol. The Morgan fingerprint density at radius 3 is 1.53 bits per heavy atom. The number of esters is 1. The molecule has 0 N–H and O–H groups in total. The Morgan fingerprint density at radius 2 is 1.00 bits per heavy atom. The second-order valence-corrected chi connectivity index (χ2v) is 14.0. The highest BCUT2D eigenvalue weighted by Crippen LogP contribution is 2.40. The van der Waals surface area contributed by atoms with Gasteiger partial charge in [-0.2, -0.15) is 0 Å². The topological polar surface area (TPSA) is 133 Å². The van der Waals surface area contributed by atoms with E-state index in [0.717, 1.165) is 44.7 Å². The molecule has 12 nitrogen and oxygen atoms in total. The smallest absolute Gasteiger partial charge is 0.319 e. The highest BCUT2D eigenvalue weighted by Gasteiger charge is 2.29. The second kappa shape index (κ2) is 19.6. The number of benzene rings is 4. The van der Waals surface area contributed by atoms with Crippen molar-refractivity contribution in [2.24, 2.45) is 0 Å². The summed E-state index contributed by atoms with van der Waals surface area (Å²) in [6.45, 7) is 3.85. The van der Waals surface area contributed by atoms with Crippen molar-refractivity contribution in [1.82, 2.24) is 19.9 Å². The van der Waals surface area contributed by atoms with Gasteiger partial charge in [0.05, 0.1) is 52.3 Å². The fourth-order valence-electron chi connectivity index (χ4n) is 6.94. The van der Waals surface area contributed by atoms with Crippen LogP contribution < -0.4 is 28.4 Å². The van der Waals surface area contributed by atoms with E-state index in [1.807, 2.05) is 111 Å². The Labute approximate surface area is 360 Å². The van der Waals surface area contributed by atoms with Crippen LogP contribution in [0, 0.1) is 13.8 Å². The van der Waals surface area contributed by atoms with Gasteiger partial charge in [-0.3, -0.25) is 24.7 Å². The first-order chi connectivity index (χ1) is 30.2. The summed E-state index contributed by atoms with van der Waals surface area (Å²) in [5.41, 5.74) is 6.46. The van der Waals surface area contributed by atoms with E-state index in [-0.39, 0.29) is 0 Å². The molecular formula is C50H46N4O8.